The third-order valence-corrected chi connectivity index (χ3v) is 9.52. The smallest absolute Gasteiger partial charge is 0.306 e. The zero-order valence-electron chi connectivity index (χ0n) is 33.4. The first kappa shape index (κ1) is 48.1. The van der Waals surface area contributed by atoms with Crippen LogP contribution < -0.4 is 0 Å². The Bertz CT molecular complexity index is 778. The predicted molar refractivity (Wildman–Crippen MR) is 210 cm³/mol. The Morgan fingerprint density at radius 3 is 1.00 bits per heavy atom. The first-order valence-electron chi connectivity index (χ1n) is 21.7. The van der Waals surface area contributed by atoms with Gasteiger partial charge in [0, 0.05) is 19.3 Å². The summed E-state index contributed by atoms with van der Waals surface area (Å²) in [5, 5.41) is 0. The van der Waals surface area contributed by atoms with Crippen LogP contribution in [0.25, 0.3) is 0 Å². The fourth-order valence-corrected chi connectivity index (χ4v) is 6.20. The van der Waals surface area contributed by atoms with Crippen LogP contribution >= 0.6 is 0 Å². The Kier molecular flexibility index (Phi) is 38.5. The molecule has 0 bridgehead atoms. The minimum absolute atomic E-state index is 0.0691. The van der Waals surface area contributed by atoms with E-state index in [1.54, 1.807) is 0 Å². The molecule has 0 aliphatic carbocycles. The number of allylic oxidation sites excluding steroid dienone is 2. The highest BCUT2D eigenvalue weighted by Gasteiger charge is 2.19. The third-order valence-electron chi connectivity index (χ3n) is 9.52. The average molecular weight is 707 g/mol. The van der Waals surface area contributed by atoms with Gasteiger partial charge in [0.05, 0.1) is 0 Å². The van der Waals surface area contributed by atoms with Crippen LogP contribution in [0.5, 0.6) is 0 Å². The molecule has 6 nitrogen and oxygen atoms in total. The molecule has 0 unspecified atom stereocenters. The molecule has 1 atom stereocenters. The van der Waals surface area contributed by atoms with Crippen LogP contribution in [-0.4, -0.2) is 37.2 Å². The molecule has 0 aliphatic heterocycles. The van der Waals surface area contributed by atoms with Gasteiger partial charge >= 0.3 is 17.9 Å². The molecule has 0 aliphatic rings. The van der Waals surface area contributed by atoms with Crippen LogP contribution in [0.2, 0.25) is 0 Å². The van der Waals surface area contributed by atoms with Gasteiger partial charge in [-0.15, -0.1) is 0 Å². The van der Waals surface area contributed by atoms with Crippen LogP contribution in [0.15, 0.2) is 12.2 Å². The normalized spacial score (nSPS) is 12.0. The molecule has 0 N–H and O–H groups in total. The van der Waals surface area contributed by atoms with Crippen molar-refractivity contribution in [2.24, 2.45) is 0 Å². The summed E-state index contributed by atoms with van der Waals surface area (Å²) in [6.07, 6.45) is 40.5. The highest BCUT2D eigenvalue weighted by molar-refractivity contribution is 5.71. The zero-order chi connectivity index (χ0) is 36.6. The molecule has 0 radical (unpaired) electrons. The van der Waals surface area contributed by atoms with Crippen molar-refractivity contribution >= 4 is 17.9 Å². The van der Waals surface area contributed by atoms with E-state index in [0.717, 1.165) is 64.2 Å². The molecular formula is C44H82O6. The molecule has 6 heteroatoms. The molecule has 294 valence electrons. The van der Waals surface area contributed by atoms with Crippen LogP contribution in [0.4, 0.5) is 0 Å². The minimum atomic E-state index is -0.763. The van der Waals surface area contributed by atoms with Crippen molar-refractivity contribution < 1.29 is 28.6 Å². The number of hydrogen-bond donors (Lipinski definition) is 0. The lowest BCUT2D eigenvalue weighted by atomic mass is 10.1. The molecule has 0 aromatic heterocycles. The second-order valence-electron chi connectivity index (χ2n) is 14.6. The Balaban J connectivity index is 4.32. The summed E-state index contributed by atoms with van der Waals surface area (Å²) < 4.78 is 16.6. The van der Waals surface area contributed by atoms with Crippen molar-refractivity contribution in [3.8, 4) is 0 Å². The summed E-state index contributed by atoms with van der Waals surface area (Å²) in [4.78, 5) is 37.5. The first-order chi connectivity index (χ1) is 24.5. The Labute approximate surface area is 310 Å². The van der Waals surface area contributed by atoms with E-state index in [1.165, 1.54) is 128 Å². The van der Waals surface area contributed by atoms with Gasteiger partial charge in [-0.25, -0.2) is 0 Å². The second-order valence-corrected chi connectivity index (χ2v) is 14.6. The fourth-order valence-electron chi connectivity index (χ4n) is 6.20. The van der Waals surface area contributed by atoms with Gasteiger partial charge in [0.15, 0.2) is 6.10 Å². The van der Waals surface area contributed by atoms with Crippen LogP contribution in [-0.2, 0) is 28.6 Å². The number of unbranched alkanes of at least 4 members (excludes halogenated alkanes) is 26. The van der Waals surface area contributed by atoms with Crippen molar-refractivity contribution in [3.63, 3.8) is 0 Å². The van der Waals surface area contributed by atoms with Crippen LogP contribution in [0.1, 0.15) is 233 Å². The number of carbonyl (C=O) groups excluding carboxylic acids is 3. The lowest BCUT2D eigenvalue weighted by molar-refractivity contribution is -0.167. The molecule has 50 heavy (non-hydrogen) atoms. The van der Waals surface area contributed by atoms with E-state index in [0.29, 0.717) is 19.3 Å². The van der Waals surface area contributed by atoms with Gasteiger partial charge in [-0.05, 0) is 44.9 Å². The van der Waals surface area contributed by atoms with E-state index in [4.69, 9.17) is 14.2 Å². The minimum Gasteiger partial charge on any atom is -0.462 e. The molecule has 0 amide bonds. The average Bonchev–Trinajstić information content (AvgIpc) is 3.11. The number of esters is 3. The summed E-state index contributed by atoms with van der Waals surface area (Å²) in [5.74, 6) is -0.879. The summed E-state index contributed by atoms with van der Waals surface area (Å²) in [7, 11) is 0. The van der Waals surface area contributed by atoms with Crippen molar-refractivity contribution in [3.05, 3.63) is 12.2 Å². The number of carbonyl (C=O) groups is 3. The maximum Gasteiger partial charge on any atom is 0.306 e. The van der Waals surface area contributed by atoms with Gasteiger partial charge in [-0.1, -0.05) is 181 Å². The first-order valence-corrected chi connectivity index (χ1v) is 21.7. The Morgan fingerprint density at radius 2 is 0.660 bits per heavy atom. The Morgan fingerprint density at radius 1 is 0.380 bits per heavy atom. The van der Waals surface area contributed by atoms with Crippen molar-refractivity contribution in [2.45, 2.75) is 239 Å². The van der Waals surface area contributed by atoms with Crippen LogP contribution in [0, 0.1) is 0 Å². The van der Waals surface area contributed by atoms with E-state index in [2.05, 4.69) is 32.9 Å². The number of ether oxygens (including phenoxy) is 3. The highest BCUT2D eigenvalue weighted by atomic mass is 16.6. The summed E-state index contributed by atoms with van der Waals surface area (Å²) in [5.41, 5.74) is 0. The molecular weight excluding hydrogens is 624 g/mol. The lowest BCUT2D eigenvalue weighted by Gasteiger charge is -2.18. The Hall–Kier alpha value is -1.85. The van der Waals surface area contributed by atoms with Gasteiger partial charge in [-0.2, -0.15) is 0 Å². The quantitative estimate of drug-likeness (QED) is 0.0274. The van der Waals surface area contributed by atoms with E-state index < -0.39 is 6.10 Å². The van der Waals surface area contributed by atoms with Gasteiger partial charge in [0.25, 0.3) is 0 Å². The monoisotopic (exact) mass is 707 g/mol. The molecule has 0 heterocycles. The highest BCUT2D eigenvalue weighted by Crippen LogP contribution is 2.14. The molecule has 0 fully saturated rings. The third kappa shape index (κ3) is 37.4. The molecule has 0 saturated heterocycles. The fraction of sp³-hybridized carbons (Fsp3) is 0.886. The van der Waals surface area contributed by atoms with Crippen molar-refractivity contribution in [1.82, 2.24) is 0 Å². The van der Waals surface area contributed by atoms with Gasteiger partial charge < -0.3 is 14.2 Å². The maximum atomic E-state index is 12.6. The SMILES string of the molecule is CCCCCCC/C=C\CCCCCCCC(=O)OC[C@@H](COC(=O)CCCCCCCCCCC)OC(=O)CCCCCCCCCCC. The summed E-state index contributed by atoms with van der Waals surface area (Å²) >= 11 is 0. The largest absolute Gasteiger partial charge is 0.462 e. The van der Waals surface area contributed by atoms with Crippen LogP contribution in [0.3, 0.4) is 0 Å². The molecule has 0 spiro atoms. The molecule has 0 aromatic carbocycles. The summed E-state index contributed by atoms with van der Waals surface area (Å²) in [6.45, 7) is 6.58. The predicted octanol–water partition coefficient (Wildman–Crippen LogP) is 13.5. The van der Waals surface area contributed by atoms with E-state index >= 15 is 0 Å². The van der Waals surface area contributed by atoms with E-state index in [9.17, 15) is 14.4 Å². The summed E-state index contributed by atoms with van der Waals surface area (Å²) in [6, 6.07) is 0. The van der Waals surface area contributed by atoms with Gasteiger partial charge in [0.2, 0.25) is 0 Å². The maximum absolute atomic E-state index is 12.6. The standard InChI is InChI=1S/C44H82O6/c1-4-7-10-13-16-19-20-21-22-23-26-28-31-34-37-43(46)49-40-41(50-44(47)38-35-32-29-25-18-15-12-9-6-3)39-48-42(45)36-33-30-27-24-17-14-11-8-5-2/h20-21,41H,4-19,22-40H2,1-3H3/b21-20-/t41-/m1/s1. The molecule has 0 rings (SSSR count). The second kappa shape index (κ2) is 39.9. The van der Waals surface area contributed by atoms with Gasteiger partial charge in [0.1, 0.15) is 13.2 Å². The molecule has 0 aromatic rings. The van der Waals surface area contributed by atoms with E-state index in [1.807, 2.05) is 0 Å². The zero-order valence-corrected chi connectivity index (χ0v) is 33.4. The lowest BCUT2D eigenvalue weighted by Crippen LogP contribution is -2.30. The van der Waals surface area contributed by atoms with Gasteiger partial charge in [-0.3, -0.25) is 14.4 Å². The van der Waals surface area contributed by atoms with Crippen molar-refractivity contribution in [2.75, 3.05) is 13.2 Å². The van der Waals surface area contributed by atoms with E-state index in [-0.39, 0.29) is 31.1 Å². The number of hydrogen-bond acceptors (Lipinski definition) is 6. The number of rotatable bonds is 39. The molecule has 0 saturated carbocycles. The topological polar surface area (TPSA) is 78.9 Å². The van der Waals surface area contributed by atoms with Crippen molar-refractivity contribution in [1.29, 1.82) is 0 Å².